The Morgan fingerprint density at radius 1 is 1.21 bits per heavy atom. The van der Waals surface area contributed by atoms with Crippen LogP contribution in [0.4, 0.5) is 0 Å². The van der Waals surface area contributed by atoms with E-state index in [1.54, 1.807) is 30.7 Å². The highest BCUT2D eigenvalue weighted by Gasteiger charge is 1.99. The summed E-state index contributed by atoms with van der Waals surface area (Å²) in [4.78, 5) is 8.02. The quantitative estimate of drug-likeness (QED) is 0.676. The first-order valence-electron chi connectivity index (χ1n) is 4.31. The van der Waals surface area contributed by atoms with Gasteiger partial charge in [-0.25, -0.2) is 0 Å². The largest absolute Gasteiger partial charge is 0.872 e. The molecule has 0 aliphatic carbocycles. The van der Waals surface area contributed by atoms with Gasteiger partial charge in [-0.15, -0.1) is 0 Å². The fourth-order valence-corrected chi connectivity index (χ4v) is 1.28. The Morgan fingerprint density at radius 2 is 2.07 bits per heavy atom. The summed E-state index contributed by atoms with van der Waals surface area (Å²) in [5.41, 5.74) is 2.28. The lowest BCUT2D eigenvalue weighted by Gasteiger charge is -2.12. The fourth-order valence-electron chi connectivity index (χ4n) is 1.28. The smallest absolute Gasteiger partial charge is 0.0879 e. The monoisotopic (exact) mass is 185 g/mol. The van der Waals surface area contributed by atoms with Gasteiger partial charge in [0.25, 0.3) is 0 Å². The standard InChI is InChI=1S/C11H10N2O/c1-8-2-3-11(14)9(6-8)10-7-12-4-5-13-10/h2-7,14H,1H3/p-1. The Kier molecular flexibility index (Phi) is 2.14. The van der Waals surface area contributed by atoms with E-state index in [1.807, 2.05) is 13.0 Å². The summed E-state index contributed by atoms with van der Waals surface area (Å²) < 4.78 is 0. The molecule has 0 N–H and O–H groups in total. The number of aromatic nitrogens is 2. The van der Waals surface area contributed by atoms with Crippen LogP contribution in [0.5, 0.6) is 5.75 Å². The summed E-state index contributed by atoms with van der Waals surface area (Å²) in [6.07, 6.45) is 4.76. The lowest BCUT2D eigenvalue weighted by atomic mass is 10.1. The zero-order valence-electron chi connectivity index (χ0n) is 7.77. The number of hydrogen-bond donors (Lipinski definition) is 0. The van der Waals surface area contributed by atoms with Gasteiger partial charge in [-0.05, 0) is 12.5 Å². The summed E-state index contributed by atoms with van der Waals surface area (Å²) in [6.45, 7) is 1.94. The zero-order valence-corrected chi connectivity index (χ0v) is 7.77. The molecule has 2 aromatic rings. The van der Waals surface area contributed by atoms with E-state index < -0.39 is 0 Å². The number of nitrogens with zero attached hydrogens (tertiary/aromatic N) is 2. The summed E-state index contributed by atoms with van der Waals surface area (Å²) in [5.74, 6) is -0.0175. The van der Waals surface area contributed by atoms with Crippen LogP contribution in [0.3, 0.4) is 0 Å². The molecular weight excluding hydrogens is 176 g/mol. The number of hydrogen-bond acceptors (Lipinski definition) is 3. The van der Waals surface area contributed by atoms with Crippen molar-refractivity contribution in [3.05, 3.63) is 42.4 Å². The van der Waals surface area contributed by atoms with Crippen LogP contribution in [0.1, 0.15) is 5.56 Å². The predicted molar refractivity (Wildman–Crippen MR) is 51.7 cm³/mol. The maximum absolute atomic E-state index is 11.5. The molecule has 3 heteroatoms. The van der Waals surface area contributed by atoms with Gasteiger partial charge >= 0.3 is 0 Å². The van der Waals surface area contributed by atoms with Crippen molar-refractivity contribution in [1.82, 2.24) is 9.97 Å². The molecule has 0 aliphatic rings. The second-order valence-electron chi connectivity index (χ2n) is 3.09. The molecule has 0 saturated heterocycles. The van der Waals surface area contributed by atoms with Crippen LogP contribution in [0.15, 0.2) is 36.8 Å². The molecule has 3 nitrogen and oxygen atoms in total. The van der Waals surface area contributed by atoms with E-state index in [9.17, 15) is 5.11 Å². The molecule has 14 heavy (non-hydrogen) atoms. The van der Waals surface area contributed by atoms with Gasteiger partial charge in [0.2, 0.25) is 0 Å². The maximum atomic E-state index is 11.5. The minimum atomic E-state index is -0.0175. The van der Waals surface area contributed by atoms with Crippen LogP contribution in [0.25, 0.3) is 11.3 Å². The maximum Gasteiger partial charge on any atom is 0.0879 e. The lowest BCUT2D eigenvalue weighted by molar-refractivity contribution is -0.267. The first-order valence-corrected chi connectivity index (χ1v) is 4.31. The highest BCUT2D eigenvalue weighted by Crippen LogP contribution is 2.25. The summed E-state index contributed by atoms with van der Waals surface area (Å²) >= 11 is 0. The van der Waals surface area contributed by atoms with Crippen LogP contribution in [-0.4, -0.2) is 9.97 Å². The molecule has 70 valence electrons. The Morgan fingerprint density at radius 3 is 2.79 bits per heavy atom. The van der Waals surface area contributed by atoms with Gasteiger partial charge in [0.1, 0.15) is 0 Å². The van der Waals surface area contributed by atoms with Crippen molar-refractivity contribution in [2.75, 3.05) is 0 Å². The molecule has 0 fully saturated rings. The average molecular weight is 185 g/mol. The molecule has 1 heterocycles. The van der Waals surface area contributed by atoms with E-state index in [1.165, 1.54) is 0 Å². The van der Waals surface area contributed by atoms with Gasteiger partial charge in [-0.1, -0.05) is 29.5 Å². The Labute approximate surface area is 82.1 Å². The third-order valence-electron chi connectivity index (χ3n) is 1.97. The molecule has 1 aromatic carbocycles. The van der Waals surface area contributed by atoms with E-state index in [0.717, 1.165) is 5.56 Å². The van der Waals surface area contributed by atoms with Crippen LogP contribution in [0.2, 0.25) is 0 Å². The van der Waals surface area contributed by atoms with Crippen molar-refractivity contribution in [3.63, 3.8) is 0 Å². The molecule has 0 aliphatic heterocycles. The Bertz CT molecular complexity index is 440. The van der Waals surface area contributed by atoms with E-state index in [-0.39, 0.29) is 5.75 Å². The van der Waals surface area contributed by atoms with Gasteiger partial charge in [0.15, 0.2) is 0 Å². The van der Waals surface area contributed by atoms with Crippen molar-refractivity contribution >= 4 is 0 Å². The topological polar surface area (TPSA) is 48.8 Å². The van der Waals surface area contributed by atoms with Crippen LogP contribution in [-0.2, 0) is 0 Å². The van der Waals surface area contributed by atoms with Crippen LogP contribution < -0.4 is 5.11 Å². The van der Waals surface area contributed by atoms with Crippen molar-refractivity contribution in [1.29, 1.82) is 0 Å². The van der Waals surface area contributed by atoms with Crippen molar-refractivity contribution in [2.24, 2.45) is 0 Å². The van der Waals surface area contributed by atoms with Crippen molar-refractivity contribution in [2.45, 2.75) is 6.92 Å². The minimum Gasteiger partial charge on any atom is -0.872 e. The van der Waals surface area contributed by atoms with Gasteiger partial charge in [-0.2, -0.15) is 0 Å². The molecular formula is C11H9N2O-. The van der Waals surface area contributed by atoms with Gasteiger partial charge in [-0.3, -0.25) is 9.97 Å². The molecule has 1 aromatic heterocycles. The summed E-state index contributed by atoms with van der Waals surface area (Å²) in [5, 5.41) is 11.5. The van der Waals surface area contributed by atoms with Crippen molar-refractivity contribution in [3.8, 4) is 17.0 Å². The fraction of sp³-hybridized carbons (Fsp3) is 0.0909. The van der Waals surface area contributed by atoms with Crippen molar-refractivity contribution < 1.29 is 5.11 Å². The van der Waals surface area contributed by atoms with E-state index in [2.05, 4.69) is 9.97 Å². The molecule has 0 atom stereocenters. The normalized spacial score (nSPS) is 10.1. The summed E-state index contributed by atoms with van der Waals surface area (Å²) in [7, 11) is 0. The predicted octanol–water partition coefficient (Wildman–Crippen LogP) is 1.53. The van der Waals surface area contributed by atoms with Gasteiger partial charge in [0, 0.05) is 12.4 Å². The van der Waals surface area contributed by atoms with E-state index >= 15 is 0 Å². The first-order chi connectivity index (χ1) is 6.77. The number of aryl methyl sites for hydroxylation is 1. The van der Waals surface area contributed by atoms with Crippen LogP contribution >= 0.6 is 0 Å². The van der Waals surface area contributed by atoms with Crippen LogP contribution in [0, 0.1) is 6.92 Å². The molecule has 0 amide bonds. The molecule has 0 bridgehead atoms. The van der Waals surface area contributed by atoms with Gasteiger partial charge < -0.3 is 5.11 Å². The number of rotatable bonds is 1. The minimum absolute atomic E-state index is 0.0175. The second-order valence-corrected chi connectivity index (χ2v) is 3.09. The highest BCUT2D eigenvalue weighted by molar-refractivity contribution is 5.66. The molecule has 0 spiro atoms. The zero-order chi connectivity index (χ0) is 9.97. The molecule has 2 rings (SSSR count). The van der Waals surface area contributed by atoms with E-state index in [0.29, 0.717) is 11.3 Å². The Balaban J connectivity index is 2.57. The number of benzene rings is 1. The highest BCUT2D eigenvalue weighted by atomic mass is 16.3. The SMILES string of the molecule is Cc1ccc([O-])c(-c2cnccn2)c1. The lowest BCUT2D eigenvalue weighted by Crippen LogP contribution is -1.95. The summed E-state index contributed by atoms with van der Waals surface area (Å²) in [6, 6.07) is 5.17. The third kappa shape index (κ3) is 1.57. The molecule has 0 unspecified atom stereocenters. The molecule has 0 radical (unpaired) electrons. The second kappa shape index (κ2) is 3.46. The average Bonchev–Trinajstić information content (AvgIpc) is 2.23. The molecule has 0 saturated carbocycles. The van der Waals surface area contributed by atoms with E-state index in [4.69, 9.17) is 0 Å². The first kappa shape index (κ1) is 8.69. The third-order valence-corrected chi connectivity index (χ3v) is 1.97. The Hall–Kier alpha value is -1.90. The van der Waals surface area contributed by atoms with Gasteiger partial charge in [0.05, 0.1) is 11.9 Å².